The van der Waals surface area contributed by atoms with Gasteiger partial charge >= 0.3 is 0 Å². The number of hydrogen-bond donors (Lipinski definition) is 4. The molecule has 9 heteroatoms. The summed E-state index contributed by atoms with van der Waals surface area (Å²) in [5.41, 5.74) is 6.98. The lowest BCUT2D eigenvalue weighted by molar-refractivity contribution is 0.360. The molecule has 1 saturated carbocycles. The predicted octanol–water partition coefficient (Wildman–Crippen LogP) is 2.22. The first-order chi connectivity index (χ1) is 12.9. The average molecular weight is 408 g/mol. The van der Waals surface area contributed by atoms with Crippen LogP contribution >= 0.6 is 11.3 Å². The van der Waals surface area contributed by atoms with E-state index in [9.17, 15) is 8.42 Å². The van der Waals surface area contributed by atoms with Gasteiger partial charge in [-0.2, -0.15) is 0 Å². The summed E-state index contributed by atoms with van der Waals surface area (Å²) in [6.45, 7) is 0.560. The number of anilines is 1. The van der Waals surface area contributed by atoms with Gasteiger partial charge in [0.15, 0.2) is 5.96 Å². The minimum Gasteiger partial charge on any atom is -0.352 e. The summed E-state index contributed by atoms with van der Waals surface area (Å²) in [5, 5.41) is 13.9. The number of primary sulfonamides is 1. The van der Waals surface area contributed by atoms with E-state index in [1.807, 2.05) is 17.5 Å². The van der Waals surface area contributed by atoms with Crippen LogP contribution in [0.1, 0.15) is 30.6 Å². The first-order valence-corrected chi connectivity index (χ1v) is 11.3. The van der Waals surface area contributed by atoms with Crippen LogP contribution in [0.25, 0.3) is 0 Å². The van der Waals surface area contributed by atoms with Crippen LogP contribution < -0.4 is 21.5 Å². The number of guanidine groups is 1. The molecule has 1 fully saturated rings. The number of aliphatic imine (C=N–C) groups is 1. The lowest BCUT2D eigenvalue weighted by atomic mass is 9.91. The molecular weight excluding hydrogens is 382 g/mol. The molecule has 0 spiro atoms. The Labute approximate surface area is 163 Å². The van der Waals surface area contributed by atoms with E-state index >= 15 is 0 Å². The minimum atomic E-state index is -3.71. The molecule has 0 aliphatic heterocycles. The Hall–Kier alpha value is -1.94. The second-order valence-corrected chi connectivity index (χ2v) is 9.23. The van der Waals surface area contributed by atoms with Crippen LogP contribution in [0.3, 0.4) is 0 Å². The van der Waals surface area contributed by atoms with Crippen LogP contribution in [0.4, 0.5) is 5.69 Å². The summed E-state index contributed by atoms with van der Waals surface area (Å²) in [6, 6.07) is 10.6. The van der Waals surface area contributed by atoms with Crippen molar-refractivity contribution in [3.63, 3.8) is 0 Å². The molecule has 3 rings (SSSR count). The monoisotopic (exact) mass is 407 g/mol. The van der Waals surface area contributed by atoms with Gasteiger partial charge in [0.05, 0.1) is 11.4 Å². The van der Waals surface area contributed by atoms with E-state index < -0.39 is 10.0 Å². The van der Waals surface area contributed by atoms with Crippen molar-refractivity contribution >= 4 is 33.0 Å². The Bertz CT molecular complexity index is 864. The minimum absolute atomic E-state index is 0.0763. The van der Waals surface area contributed by atoms with E-state index in [2.05, 4.69) is 15.6 Å². The summed E-state index contributed by atoms with van der Waals surface area (Å²) in [6.07, 6.45) is 4.31. The van der Waals surface area contributed by atoms with Gasteiger partial charge in [0, 0.05) is 22.6 Å². The van der Waals surface area contributed by atoms with Crippen LogP contribution in [0, 0.1) is 0 Å². The highest BCUT2D eigenvalue weighted by Crippen LogP contribution is 2.18. The Morgan fingerprint density at radius 3 is 2.56 bits per heavy atom. The zero-order valence-corrected chi connectivity index (χ0v) is 16.6. The van der Waals surface area contributed by atoms with E-state index in [0.717, 1.165) is 36.2 Å². The average Bonchev–Trinajstić information content (AvgIpc) is 3.15. The van der Waals surface area contributed by atoms with Crippen molar-refractivity contribution in [2.24, 2.45) is 15.9 Å². The maximum atomic E-state index is 11.4. The van der Waals surface area contributed by atoms with Gasteiger partial charge in [-0.3, -0.25) is 0 Å². The Morgan fingerprint density at radius 2 is 1.93 bits per heavy atom. The van der Waals surface area contributed by atoms with E-state index in [0.29, 0.717) is 12.5 Å². The number of benzene rings is 1. The van der Waals surface area contributed by atoms with Crippen molar-refractivity contribution in [3.8, 4) is 0 Å². The highest BCUT2D eigenvalue weighted by atomic mass is 32.2. The predicted molar refractivity (Wildman–Crippen MR) is 110 cm³/mol. The maximum absolute atomic E-state index is 11.4. The smallest absolute Gasteiger partial charge is 0.238 e. The summed E-state index contributed by atoms with van der Waals surface area (Å²) < 4.78 is 22.8. The summed E-state index contributed by atoms with van der Waals surface area (Å²) in [7, 11) is -3.71. The van der Waals surface area contributed by atoms with Gasteiger partial charge in [0.25, 0.3) is 0 Å². The molecule has 146 valence electrons. The van der Waals surface area contributed by atoms with E-state index in [-0.39, 0.29) is 17.0 Å². The molecule has 1 aliphatic rings. The Morgan fingerprint density at radius 1 is 1.19 bits per heavy atom. The third-order valence-corrected chi connectivity index (χ3v) is 6.35. The number of thiophene rings is 1. The topological polar surface area (TPSA) is 123 Å². The van der Waals surface area contributed by atoms with Crippen molar-refractivity contribution in [1.82, 2.24) is 5.32 Å². The number of rotatable bonds is 5. The van der Waals surface area contributed by atoms with E-state index in [1.165, 1.54) is 12.1 Å². The number of hydrogen-bond acceptors (Lipinski definition) is 5. The molecule has 0 unspecified atom stereocenters. The van der Waals surface area contributed by atoms with E-state index in [4.69, 9.17) is 10.9 Å². The molecule has 2 aromatic rings. The van der Waals surface area contributed by atoms with Crippen LogP contribution in [0.15, 0.2) is 51.7 Å². The van der Waals surface area contributed by atoms with Gasteiger partial charge in [0.1, 0.15) is 0 Å². The highest BCUT2D eigenvalue weighted by Gasteiger charge is 2.22. The van der Waals surface area contributed by atoms with E-state index in [1.54, 1.807) is 23.5 Å². The molecular formula is C18H25N5O2S2. The number of nitrogens with two attached hydrogens (primary N) is 2. The Kier molecular flexibility index (Phi) is 6.48. The van der Waals surface area contributed by atoms with Crippen LogP contribution in [-0.4, -0.2) is 26.5 Å². The first-order valence-electron chi connectivity index (χ1n) is 8.90. The molecule has 2 atom stereocenters. The fourth-order valence-corrected chi connectivity index (χ4v) is 4.20. The normalized spacial score (nSPS) is 21.0. The standard InChI is InChI=1S/C18H25N5O2S2/c19-16-5-1-2-6-17(16)23-18(21-12-14-4-3-11-26-14)22-13-7-9-15(10-8-13)27(20,24)25/h3-4,7-11,16-17H,1-2,5-6,12,19H2,(H2,20,24,25)(H2,21,22,23)/t16-,17-/m0/s1. The molecule has 0 radical (unpaired) electrons. The second-order valence-electron chi connectivity index (χ2n) is 6.64. The van der Waals surface area contributed by atoms with Gasteiger partial charge in [-0.25, -0.2) is 18.5 Å². The third kappa shape index (κ3) is 5.77. The Balaban J connectivity index is 1.75. The molecule has 7 nitrogen and oxygen atoms in total. The molecule has 1 heterocycles. The molecule has 0 amide bonds. The van der Waals surface area contributed by atoms with Gasteiger partial charge in [-0.15, -0.1) is 11.3 Å². The molecule has 1 aliphatic carbocycles. The molecule has 1 aromatic carbocycles. The molecule has 0 bridgehead atoms. The van der Waals surface area contributed by atoms with Gasteiger partial charge in [0.2, 0.25) is 10.0 Å². The van der Waals surface area contributed by atoms with Crippen LogP contribution in [-0.2, 0) is 16.6 Å². The molecule has 6 N–H and O–H groups in total. The SMILES string of the molecule is N[C@H]1CCCC[C@@H]1NC(=NCc1cccs1)Nc1ccc(S(N)(=O)=O)cc1. The first kappa shape index (κ1) is 19.8. The number of nitrogens with one attached hydrogen (secondary N) is 2. The molecule has 0 saturated heterocycles. The number of sulfonamides is 1. The summed E-state index contributed by atoms with van der Waals surface area (Å²) >= 11 is 1.65. The van der Waals surface area contributed by atoms with Crippen molar-refractivity contribution in [2.45, 2.75) is 49.2 Å². The third-order valence-electron chi connectivity index (χ3n) is 4.56. The van der Waals surface area contributed by atoms with Crippen molar-refractivity contribution in [2.75, 3.05) is 5.32 Å². The highest BCUT2D eigenvalue weighted by molar-refractivity contribution is 7.89. The quantitative estimate of drug-likeness (QED) is 0.447. The number of nitrogens with zero attached hydrogens (tertiary/aromatic N) is 1. The van der Waals surface area contributed by atoms with Crippen molar-refractivity contribution in [1.29, 1.82) is 0 Å². The zero-order chi connectivity index (χ0) is 19.3. The lowest BCUT2D eigenvalue weighted by Crippen LogP contribution is -2.51. The maximum Gasteiger partial charge on any atom is 0.238 e. The zero-order valence-electron chi connectivity index (χ0n) is 15.0. The van der Waals surface area contributed by atoms with Crippen LogP contribution in [0.2, 0.25) is 0 Å². The van der Waals surface area contributed by atoms with Crippen molar-refractivity contribution in [3.05, 3.63) is 46.7 Å². The van der Waals surface area contributed by atoms with Crippen LogP contribution in [0.5, 0.6) is 0 Å². The summed E-state index contributed by atoms with van der Waals surface area (Å²) in [4.78, 5) is 5.90. The fraction of sp³-hybridized carbons (Fsp3) is 0.389. The lowest BCUT2D eigenvalue weighted by Gasteiger charge is -2.30. The van der Waals surface area contributed by atoms with Gasteiger partial charge in [-0.05, 0) is 48.6 Å². The molecule has 27 heavy (non-hydrogen) atoms. The van der Waals surface area contributed by atoms with Gasteiger partial charge in [-0.1, -0.05) is 18.9 Å². The second kappa shape index (κ2) is 8.83. The summed E-state index contributed by atoms with van der Waals surface area (Å²) in [5.74, 6) is 0.633. The van der Waals surface area contributed by atoms with Gasteiger partial charge < -0.3 is 16.4 Å². The fourth-order valence-electron chi connectivity index (χ4n) is 3.06. The molecule has 1 aromatic heterocycles. The largest absolute Gasteiger partial charge is 0.352 e. The van der Waals surface area contributed by atoms with Crippen molar-refractivity contribution < 1.29 is 8.42 Å².